The van der Waals surface area contributed by atoms with E-state index in [0.717, 1.165) is 44.6 Å². The lowest BCUT2D eigenvalue weighted by Gasteiger charge is -2.36. The van der Waals surface area contributed by atoms with E-state index in [0.29, 0.717) is 49.3 Å². The van der Waals surface area contributed by atoms with E-state index in [2.05, 4.69) is 11.0 Å². The number of benzene rings is 2. The first-order chi connectivity index (χ1) is 17.2. The van der Waals surface area contributed by atoms with Crippen LogP contribution in [0.4, 0.5) is 4.79 Å². The lowest BCUT2D eigenvalue weighted by atomic mass is 9.93. The fraction of sp³-hybridized carbons (Fsp3) is 0.481. The number of piperidine rings is 1. The molecular weight excluding hydrogens is 446 g/mol. The molecule has 2 fully saturated rings. The number of carbonyl (C=O) groups is 1. The van der Waals surface area contributed by atoms with E-state index >= 15 is 0 Å². The van der Waals surface area contributed by atoms with Crippen LogP contribution in [0, 0.1) is 17.2 Å². The van der Waals surface area contributed by atoms with Gasteiger partial charge in [0.2, 0.25) is 0 Å². The Labute approximate surface area is 205 Å². The molecule has 0 radical (unpaired) electrons. The average molecular weight is 478 g/mol. The smallest absolute Gasteiger partial charge is 0.410 e. The molecular formula is C27H31N3O5. The van der Waals surface area contributed by atoms with Crippen molar-refractivity contribution in [3.63, 3.8) is 0 Å². The van der Waals surface area contributed by atoms with Gasteiger partial charge in [0.1, 0.15) is 37.7 Å². The molecule has 0 spiro atoms. The number of cyclic esters (lactones) is 1. The maximum Gasteiger partial charge on any atom is 0.410 e. The van der Waals surface area contributed by atoms with E-state index in [-0.39, 0.29) is 18.2 Å². The third-order valence-corrected chi connectivity index (χ3v) is 7.00. The molecule has 5 rings (SSSR count). The quantitative estimate of drug-likeness (QED) is 0.573. The molecule has 2 atom stereocenters. The summed E-state index contributed by atoms with van der Waals surface area (Å²) in [5, 5.41) is 9.12. The Bertz CT molecular complexity index is 1050. The van der Waals surface area contributed by atoms with E-state index in [1.807, 2.05) is 35.2 Å². The van der Waals surface area contributed by atoms with Gasteiger partial charge in [-0.05, 0) is 62.5 Å². The van der Waals surface area contributed by atoms with Crippen molar-refractivity contribution in [2.75, 3.05) is 46.0 Å². The highest BCUT2D eigenvalue weighted by Gasteiger charge is 2.34. The number of ether oxygens (including phenoxy) is 4. The molecule has 2 aromatic rings. The SMILES string of the molecule is N#Cc1ccc2c(c1)O[C@@H](CN1CCC(CCN3C(=O)OC[C@H]3COc3ccccc3)CC1)CO2. The van der Waals surface area contributed by atoms with Crippen LogP contribution in [0.2, 0.25) is 0 Å². The van der Waals surface area contributed by atoms with Crippen LogP contribution < -0.4 is 14.2 Å². The van der Waals surface area contributed by atoms with Crippen LogP contribution in [0.1, 0.15) is 24.8 Å². The zero-order chi connectivity index (χ0) is 24.0. The topological polar surface area (TPSA) is 84.3 Å². The van der Waals surface area contributed by atoms with Crippen molar-refractivity contribution in [3.8, 4) is 23.3 Å². The monoisotopic (exact) mass is 477 g/mol. The van der Waals surface area contributed by atoms with Gasteiger partial charge in [-0.25, -0.2) is 4.79 Å². The summed E-state index contributed by atoms with van der Waals surface area (Å²) < 4.78 is 23.1. The summed E-state index contributed by atoms with van der Waals surface area (Å²) in [7, 11) is 0. The number of hydrogen-bond donors (Lipinski definition) is 0. The third-order valence-electron chi connectivity index (χ3n) is 7.00. The summed E-state index contributed by atoms with van der Waals surface area (Å²) in [5.41, 5.74) is 0.574. The molecule has 2 aromatic carbocycles. The number of carbonyl (C=O) groups excluding carboxylic acids is 1. The molecule has 3 aliphatic rings. The lowest BCUT2D eigenvalue weighted by Crippen LogP contribution is -2.44. The van der Waals surface area contributed by atoms with E-state index < -0.39 is 0 Å². The number of nitriles is 1. The number of likely N-dealkylation sites (tertiary alicyclic amines) is 1. The van der Waals surface area contributed by atoms with Crippen molar-refractivity contribution in [2.45, 2.75) is 31.4 Å². The zero-order valence-corrected chi connectivity index (χ0v) is 19.8. The minimum absolute atomic E-state index is 0.0438. The highest BCUT2D eigenvalue weighted by atomic mass is 16.6. The fourth-order valence-electron chi connectivity index (χ4n) is 4.95. The van der Waals surface area contributed by atoms with E-state index in [9.17, 15) is 4.79 Å². The third kappa shape index (κ3) is 5.80. The molecule has 0 unspecified atom stereocenters. The number of rotatable bonds is 8. The average Bonchev–Trinajstić information content (AvgIpc) is 3.26. The Kier molecular flexibility index (Phi) is 7.24. The highest BCUT2D eigenvalue weighted by molar-refractivity contribution is 5.70. The Balaban J connectivity index is 1.04. The first-order valence-electron chi connectivity index (χ1n) is 12.3. The van der Waals surface area contributed by atoms with E-state index in [4.69, 9.17) is 24.2 Å². The molecule has 8 nitrogen and oxygen atoms in total. The molecule has 3 aliphatic heterocycles. The normalized spacial score (nSPS) is 22.5. The van der Waals surface area contributed by atoms with Crippen molar-refractivity contribution < 1.29 is 23.7 Å². The van der Waals surface area contributed by atoms with Gasteiger partial charge in [0, 0.05) is 19.2 Å². The minimum Gasteiger partial charge on any atom is -0.491 e. The first kappa shape index (κ1) is 23.3. The van der Waals surface area contributed by atoms with Crippen LogP contribution in [0.15, 0.2) is 48.5 Å². The van der Waals surface area contributed by atoms with Crippen molar-refractivity contribution in [1.82, 2.24) is 9.80 Å². The van der Waals surface area contributed by atoms with E-state index in [1.54, 1.807) is 18.2 Å². The van der Waals surface area contributed by atoms with Gasteiger partial charge in [0.05, 0.1) is 11.6 Å². The Morgan fingerprint density at radius 2 is 1.86 bits per heavy atom. The highest BCUT2D eigenvalue weighted by Crippen LogP contribution is 2.33. The van der Waals surface area contributed by atoms with Gasteiger partial charge in [-0.1, -0.05) is 18.2 Å². The van der Waals surface area contributed by atoms with E-state index in [1.165, 1.54) is 0 Å². The fourth-order valence-corrected chi connectivity index (χ4v) is 4.95. The molecule has 3 heterocycles. The van der Waals surface area contributed by atoms with Crippen LogP contribution in [0.25, 0.3) is 0 Å². The molecule has 8 heteroatoms. The van der Waals surface area contributed by atoms with Gasteiger partial charge in [-0.2, -0.15) is 5.26 Å². The first-order valence-corrected chi connectivity index (χ1v) is 12.3. The summed E-state index contributed by atoms with van der Waals surface area (Å²) in [6.07, 6.45) is 2.88. The van der Waals surface area contributed by atoms with Gasteiger partial charge in [0.15, 0.2) is 11.5 Å². The molecule has 0 bridgehead atoms. The van der Waals surface area contributed by atoms with Crippen LogP contribution in [-0.4, -0.2) is 74.0 Å². The summed E-state index contributed by atoms with van der Waals surface area (Å²) in [6, 6.07) is 17.0. The molecule has 2 saturated heterocycles. The molecule has 0 aromatic heterocycles. The van der Waals surface area contributed by atoms with Crippen molar-refractivity contribution in [3.05, 3.63) is 54.1 Å². The van der Waals surface area contributed by atoms with Gasteiger partial charge in [-0.3, -0.25) is 9.80 Å². The maximum absolute atomic E-state index is 12.3. The summed E-state index contributed by atoms with van der Waals surface area (Å²) in [5.74, 6) is 2.74. The number of hydrogen-bond acceptors (Lipinski definition) is 7. The minimum atomic E-state index is -0.238. The second-order valence-electron chi connectivity index (χ2n) is 9.41. The predicted molar refractivity (Wildman–Crippen MR) is 129 cm³/mol. The van der Waals surface area contributed by atoms with Gasteiger partial charge in [-0.15, -0.1) is 0 Å². The standard InChI is InChI=1S/C27H31N3O5/c28-15-21-6-7-25-26(14-21)35-24(19-33-25)16-29-11-8-20(9-12-29)10-13-30-22(18-34-27(30)31)17-32-23-4-2-1-3-5-23/h1-7,14,20,22,24H,8-13,16-19H2/t22-,24+/m1/s1. The number of para-hydroxylation sites is 1. The summed E-state index contributed by atoms with van der Waals surface area (Å²) in [4.78, 5) is 16.5. The Hall–Kier alpha value is -3.44. The molecule has 0 N–H and O–H groups in total. The largest absolute Gasteiger partial charge is 0.491 e. The van der Waals surface area contributed by atoms with Crippen LogP contribution in [-0.2, 0) is 4.74 Å². The summed E-state index contributed by atoms with van der Waals surface area (Å²) in [6.45, 7) is 4.84. The van der Waals surface area contributed by atoms with Crippen molar-refractivity contribution in [1.29, 1.82) is 5.26 Å². The zero-order valence-electron chi connectivity index (χ0n) is 19.8. The lowest BCUT2D eigenvalue weighted by molar-refractivity contribution is 0.0464. The van der Waals surface area contributed by atoms with Crippen molar-refractivity contribution >= 4 is 6.09 Å². The van der Waals surface area contributed by atoms with Crippen LogP contribution in [0.5, 0.6) is 17.2 Å². The Morgan fingerprint density at radius 3 is 2.66 bits per heavy atom. The predicted octanol–water partition coefficient (Wildman–Crippen LogP) is 3.70. The Morgan fingerprint density at radius 1 is 1.03 bits per heavy atom. The summed E-state index contributed by atoms with van der Waals surface area (Å²) >= 11 is 0. The van der Waals surface area contributed by atoms with Gasteiger partial charge < -0.3 is 18.9 Å². The maximum atomic E-state index is 12.3. The molecule has 0 aliphatic carbocycles. The number of amides is 1. The molecule has 0 saturated carbocycles. The van der Waals surface area contributed by atoms with Gasteiger partial charge in [0.25, 0.3) is 0 Å². The molecule has 35 heavy (non-hydrogen) atoms. The second kappa shape index (κ2) is 10.9. The van der Waals surface area contributed by atoms with Gasteiger partial charge >= 0.3 is 6.09 Å². The molecule has 184 valence electrons. The van der Waals surface area contributed by atoms with Crippen LogP contribution >= 0.6 is 0 Å². The van der Waals surface area contributed by atoms with Crippen molar-refractivity contribution in [2.24, 2.45) is 5.92 Å². The van der Waals surface area contributed by atoms with Crippen LogP contribution in [0.3, 0.4) is 0 Å². The second-order valence-corrected chi connectivity index (χ2v) is 9.41. The number of fused-ring (bicyclic) bond motifs is 1. The molecule has 1 amide bonds. The number of nitrogens with zero attached hydrogens (tertiary/aromatic N) is 3.